The Hall–Kier alpha value is -2.40. The number of Topliss-reactive ketones (excluding diaryl/α,β-unsaturated/α-hetero) is 1. The molecule has 1 aliphatic heterocycles. The zero-order valence-corrected chi connectivity index (χ0v) is 15.2. The molecule has 2 heterocycles. The average molecular weight is 339 g/mol. The summed E-state index contributed by atoms with van der Waals surface area (Å²) in [5, 5.41) is 0. The minimum absolute atomic E-state index is 0.0338. The van der Waals surface area contributed by atoms with Crippen molar-refractivity contribution in [3.63, 3.8) is 0 Å². The van der Waals surface area contributed by atoms with Crippen LogP contribution in [0.25, 0.3) is 0 Å². The maximum Gasteiger partial charge on any atom is 0.178 e. The van der Waals surface area contributed by atoms with Crippen molar-refractivity contribution < 1.29 is 9.53 Å². The molecule has 0 spiro atoms. The molecule has 0 N–H and O–H groups in total. The number of ketones is 1. The number of likely N-dealkylation sites (N-methyl/N-ethyl adjacent to an activating group) is 1. The van der Waals surface area contributed by atoms with Crippen LogP contribution in [0.2, 0.25) is 0 Å². The third-order valence-corrected chi connectivity index (χ3v) is 4.61. The molecule has 1 aromatic carbocycles. The first-order valence-electron chi connectivity index (χ1n) is 8.78. The molecule has 25 heavy (non-hydrogen) atoms. The third kappa shape index (κ3) is 3.99. The molecule has 0 saturated carbocycles. The van der Waals surface area contributed by atoms with E-state index in [9.17, 15) is 4.79 Å². The van der Waals surface area contributed by atoms with E-state index in [1.807, 2.05) is 25.1 Å². The zero-order chi connectivity index (χ0) is 17.8. The lowest BCUT2D eigenvalue weighted by molar-refractivity contribution is 0.101. The monoisotopic (exact) mass is 339 g/mol. The van der Waals surface area contributed by atoms with Crippen molar-refractivity contribution in [2.45, 2.75) is 20.3 Å². The van der Waals surface area contributed by atoms with Crippen LogP contribution in [0.15, 0.2) is 36.5 Å². The Bertz CT molecular complexity index is 752. The quantitative estimate of drug-likeness (QED) is 0.782. The number of rotatable bonds is 5. The molecule has 5 nitrogen and oxygen atoms in total. The van der Waals surface area contributed by atoms with Crippen LogP contribution < -0.4 is 9.64 Å². The van der Waals surface area contributed by atoms with Gasteiger partial charge in [0.15, 0.2) is 5.78 Å². The van der Waals surface area contributed by atoms with Gasteiger partial charge in [-0.15, -0.1) is 0 Å². The van der Waals surface area contributed by atoms with Gasteiger partial charge in [-0.3, -0.25) is 9.78 Å². The summed E-state index contributed by atoms with van der Waals surface area (Å²) in [7, 11) is 2.15. The van der Waals surface area contributed by atoms with Crippen LogP contribution in [0.4, 0.5) is 5.69 Å². The highest BCUT2D eigenvalue weighted by atomic mass is 16.5. The van der Waals surface area contributed by atoms with E-state index >= 15 is 0 Å². The third-order valence-electron chi connectivity index (χ3n) is 4.61. The van der Waals surface area contributed by atoms with E-state index in [0.29, 0.717) is 17.9 Å². The highest BCUT2D eigenvalue weighted by Crippen LogP contribution is 2.30. The smallest absolute Gasteiger partial charge is 0.178 e. The van der Waals surface area contributed by atoms with Crippen LogP contribution in [0.5, 0.6) is 11.5 Å². The van der Waals surface area contributed by atoms with Gasteiger partial charge in [0.25, 0.3) is 0 Å². The SMILES string of the molecule is CCc1c(Oc2cccc(N3CCN(C)CC3)c2)ccnc1C(C)=O. The van der Waals surface area contributed by atoms with Crippen molar-refractivity contribution in [2.24, 2.45) is 0 Å². The van der Waals surface area contributed by atoms with Crippen LogP contribution >= 0.6 is 0 Å². The van der Waals surface area contributed by atoms with Crippen molar-refractivity contribution in [3.8, 4) is 11.5 Å². The average Bonchev–Trinajstić information content (AvgIpc) is 2.62. The molecule has 2 aromatic rings. The van der Waals surface area contributed by atoms with Crippen molar-refractivity contribution >= 4 is 11.5 Å². The molecule has 1 fully saturated rings. The van der Waals surface area contributed by atoms with Crippen LogP contribution in [0, 0.1) is 0 Å². The standard InChI is InChI=1S/C20H25N3O2/c1-4-18-19(8-9-21-20(18)15(2)24)25-17-7-5-6-16(14-17)23-12-10-22(3)11-13-23/h5-9,14H,4,10-13H2,1-3H3. The fraction of sp³-hybridized carbons (Fsp3) is 0.400. The summed E-state index contributed by atoms with van der Waals surface area (Å²) in [6, 6.07) is 9.98. The Morgan fingerprint density at radius 3 is 2.64 bits per heavy atom. The molecule has 1 aliphatic rings. The van der Waals surface area contributed by atoms with E-state index in [1.54, 1.807) is 13.1 Å². The van der Waals surface area contributed by atoms with E-state index in [1.165, 1.54) is 5.69 Å². The highest BCUT2D eigenvalue weighted by molar-refractivity contribution is 5.94. The first-order valence-corrected chi connectivity index (χ1v) is 8.78. The van der Waals surface area contributed by atoms with Gasteiger partial charge in [0.1, 0.15) is 17.2 Å². The van der Waals surface area contributed by atoms with Crippen molar-refractivity contribution in [1.82, 2.24) is 9.88 Å². The van der Waals surface area contributed by atoms with Crippen LogP contribution in [0.3, 0.4) is 0 Å². The number of benzene rings is 1. The molecule has 1 aromatic heterocycles. The Balaban J connectivity index is 1.83. The first-order chi connectivity index (χ1) is 12.1. The van der Waals surface area contributed by atoms with E-state index in [0.717, 1.165) is 37.5 Å². The largest absolute Gasteiger partial charge is 0.457 e. The summed E-state index contributed by atoms with van der Waals surface area (Å²) in [5.41, 5.74) is 2.53. The predicted octanol–water partition coefficient (Wildman–Crippen LogP) is 3.39. The Morgan fingerprint density at radius 2 is 1.96 bits per heavy atom. The number of anilines is 1. The summed E-state index contributed by atoms with van der Waals surface area (Å²) in [6.07, 6.45) is 2.34. The summed E-state index contributed by atoms with van der Waals surface area (Å²) in [4.78, 5) is 20.7. The highest BCUT2D eigenvalue weighted by Gasteiger charge is 2.16. The van der Waals surface area contributed by atoms with Gasteiger partial charge in [0.05, 0.1) is 0 Å². The molecule has 1 saturated heterocycles. The van der Waals surface area contributed by atoms with E-state index < -0.39 is 0 Å². The lowest BCUT2D eigenvalue weighted by atomic mass is 10.1. The van der Waals surface area contributed by atoms with Crippen molar-refractivity contribution in [2.75, 3.05) is 38.1 Å². The second-order valence-electron chi connectivity index (χ2n) is 6.44. The first kappa shape index (κ1) is 17.4. The Morgan fingerprint density at radius 1 is 1.20 bits per heavy atom. The zero-order valence-electron chi connectivity index (χ0n) is 15.2. The predicted molar refractivity (Wildman–Crippen MR) is 99.8 cm³/mol. The van der Waals surface area contributed by atoms with Crippen molar-refractivity contribution in [1.29, 1.82) is 0 Å². The maximum absolute atomic E-state index is 11.8. The minimum Gasteiger partial charge on any atom is -0.457 e. The van der Waals surface area contributed by atoms with E-state index in [-0.39, 0.29) is 5.78 Å². The van der Waals surface area contributed by atoms with Gasteiger partial charge in [-0.05, 0) is 31.7 Å². The number of ether oxygens (including phenoxy) is 1. The number of carbonyl (C=O) groups excluding carboxylic acids is 1. The van der Waals surface area contributed by atoms with E-state index in [4.69, 9.17) is 4.74 Å². The second kappa shape index (κ2) is 7.66. The number of pyridine rings is 1. The summed E-state index contributed by atoms with van der Waals surface area (Å²) in [6.45, 7) is 7.72. The molecule has 5 heteroatoms. The molecule has 0 atom stereocenters. The van der Waals surface area contributed by atoms with Gasteiger partial charge in [-0.25, -0.2) is 0 Å². The number of hydrogen-bond acceptors (Lipinski definition) is 5. The van der Waals surface area contributed by atoms with E-state index in [2.05, 4.69) is 34.0 Å². The van der Waals surface area contributed by atoms with Crippen LogP contribution in [-0.4, -0.2) is 48.9 Å². The Kier molecular flexibility index (Phi) is 5.34. The molecule has 0 unspecified atom stereocenters. The lowest BCUT2D eigenvalue weighted by Gasteiger charge is -2.34. The number of nitrogens with zero attached hydrogens (tertiary/aromatic N) is 3. The number of aromatic nitrogens is 1. The molecule has 0 amide bonds. The summed E-state index contributed by atoms with van der Waals surface area (Å²) < 4.78 is 6.11. The van der Waals surface area contributed by atoms with Crippen molar-refractivity contribution in [3.05, 3.63) is 47.8 Å². The molecular weight excluding hydrogens is 314 g/mol. The van der Waals surface area contributed by atoms with Gasteiger partial charge >= 0.3 is 0 Å². The van der Waals surface area contributed by atoms with Gasteiger partial charge in [-0.1, -0.05) is 13.0 Å². The maximum atomic E-state index is 11.8. The van der Waals surface area contributed by atoms with Gasteiger partial charge in [-0.2, -0.15) is 0 Å². The molecule has 3 rings (SSSR count). The van der Waals surface area contributed by atoms with Gasteiger partial charge < -0.3 is 14.5 Å². The topological polar surface area (TPSA) is 45.7 Å². The fourth-order valence-electron chi connectivity index (χ4n) is 3.15. The lowest BCUT2D eigenvalue weighted by Crippen LogP contribution is -2.44. The fourth-order valence-corrected chi connectivity index (χ4v) is 3.15. The molecular formula is C20H25N3O2. The molecule has 0 radical (unpaired) electrons. The normalized spacial score (nSPS) is 15.2. The number of piperazine rings is 1. The number of carbonyl (C=O) groups is 1. The van der Waals surface area contributed by atoms with Gasteiger partial charge in [0.2, 0.25) is 0 Å². The van der Waals surface area contributed by atoms with Gasteiger partial charge in [0, 0.05) is 56.6 Å². The summed E-state index contributed by atoms with van der Waals surface area (Å²) >= 11 is 0. The number of hydrogen-bond donors (Lipinski definition) is 0. The molecule has 0 bridgehead atoms. The second-order valence-corrected chi connectivity index (χ2v) is 6.44. The van der Waals surface area contributed by atoms with Crippen LogP contribution in [-0.2, 0) is 6.42 Å². The van der Waals surface area contributed by atoms with Crippen LogP contribution in [0.1, 0.15) is 29.9 Å². The summed E-state index contributed by atoms with van der Waals surface area (Å²) in [5.74, 6) is 1.46. The molecule has 132 valence electrons. The molecule has 0 aliphatic carbocycles. The minimum atomic E-state index is -0.0338. The Labute approximate surface area is 149 Å².